The topological polar surface area (TPSA) is 38.0 Å². The number of aromatic nitrogens is 2. The third kappa shape index (κ3) is 2.78. The van der Waals surface area contributed by atoms with Gasteiger partial charge in [0.15, 0.2) is 0 Å². The predicted octanol–water partition coefficient (Wildman–Crippen LogP) is 3.81. The normalized spacial score (nSPS) is 27.9. The molecule has 3 heteroatoms. The lowest BCUT2D eigenvalue weighted by molar-refractivity contribution is 0.0196. The lowest BCUT2D eigenvalue weighted by Gasteiger charge is -2.40. The van der Waals surface area contributed by atoms with Gasteiger partial charge in [-0.25, -0.2) is 0 Å². The summed E-state index contributed by atoms with van der Waals surface area (Å²) >= 11 is 0. The van der Waals surface area contributed by atoms with Crippen LogP contribution in [0.2, 0.25) is 0 Å². The van der Waals surface area contributed by atoms with Crippen molar-refractivity contribution >= 4 is 0 Å². The minimum Gasteiger partial charge on any atom is -0.391 e. The van der Waals surface area contributed by atoms with Crippen molar-refractivity contribution < 1.29 is 5.11 Å². The van der Waals surface area contributed by atoms with Crippen LogP contribution in [-0.2, 0) is 6.42 Å². The van der Waals surface area contributed by atoms with E-state index in [4.69, 9.17) is 5.10 Å². The first-order valence-electron chi connectivity index (χ1n) is 7.98. The average Bonchev–Trinajstić information content (AvgIpc) is 2.63. The Labute approximate surface area is 123 Å². The molecule has 1 saturated carbocycles. The van der Waals surface area contributed by atoms with Gasteiger partial charge < -0.3 is 5.11 Å². The second-order valence-electron chi connectivity index (χ2n) is 7.46. The van der Waals surface area contributed by atoms with Crippen LogP contribution in [0, 0.1) is 25.2 Å². The Morgan fingerprint density at radius 2 is 1.90 bits per heavy atom. The summed E-state index contributed by atoms with van der Waals surface area (Å²) in [6.07, 6.45) is 3.82. The van der Waals surface area contributed by atoms with Gasteiger partial charge in [0.1, 0.15) is 0 Å². The number of aliphatic hydroxyl groups excluding tert-OH is 1. The summed E-state index contributed by atoms with van der Waals surface area (Å²) in [5.74, 6) is 0.657. The first-order chi connectivity index (χ1) is 9.25. The van der Waals surface area contributed by atoms with E-state index in [-0.39, 0.29) is 12.1 Å². The largest absolute Gasteiger partial charge is 0.391 e. The summed E-state index contributed by atoms with van der Waals surface area (Å²) < 4.78 is 2.11. The fourth-order valence-electron chi connectivity index (χ4n) is 3.71. The van der Waals surface area contributed by atoms with Crippen LogP contribution in [0.1, 0.15) is 70.0 Å². The van der Waals surface area contributed by atoms with E-state index < -0.39 is 0 Å². The number of aliphatic hydroxyl groups is 1. The molecular weight excluding hydrogens is 248 g/mol. The van der Waals surface area contributed by atoms with Gasteiger partial charge in [0.25, 0.3) is 0 Å². The molecule has 3 unspecified atom stereocenters. The molecule has 0 bridgehead atoms. The van der Waals surface area contributed by atoms with Crippen LogP contribution >= 0.6 is 0 Å². The molecule has 1 aliphatic rings. The van der Waals surface area contributed by atoms with Crippen LogP contribution in [0.25, 0.3) is 0 Å². The van der Waals surface area contributed by atoms with E-state index >= 15 is 0 Å². The molecule has 114 valence electrons. The van der Waals surface area contributed by atoms with Gasteiger partial charge in [-0.3, -0.25) is 4.68 Å². The summed E-state index contributed by atoms with van der Waals surface area (Å²) in [5.41, 5.74) is 4.01. The number of hydrogen-bond acceptors (Lipinski definition) is 2. The van der Waals surface area contributed by atoms with Crippen LogP contribution in [-0.4, -0.2) is 21.0 Å². The minimum atomic E-state index is -0.253. The summed E-state index contributed by atoms with van der Waals surface area (Å²) in [4.78, 5) is 0. The Morgan fingerprint density at radius 3 is 2.40 bits per heavy atom. The maximum atomic E-state index is 10.4. The van der Waals surface area contributed by atoms with E-state index in [9.17, 15) is 5.11 Å². The van der Waals surface area contributed by atoms with Crippen LogP contribution in [0.5, 0.6) is 0 Å². The molecule has 2 rings (SSSR count). The van der Waals surface area contributed by atoms with Crippen molar-refractivity contribution in [3.63, 3.8) is 0 Å². The molecule has 1 aromatic rings. The number of aryl methyl sites for hydroxylation is 1. The van der Waals surface area contributed by atoms with Crippen LogP contribution in [0.4, 0.5) is 0 Å². The molecule has 0 radical (unpaired) electrons. The zero-order valence-corrected chi connectivity index (χ0v) is 13.9. The monoisotopic (exact) mass is 278 g/mol. The molecule has 0 spiro atoms. The van der Waals surface area contributed by atoms with E-state index in [1.165, 1.54) is 11.3 Å². The first-order valence-corrected chi connectivity index (χ1v) is 7.98. The molecule has 0 aromatic carbocycles. The molecule has 1 heterocycles. The van der Waals surface area contributed by atoms with Gasteiger partial charge >= 0.3 is 0 Å². The van der Waals surface area contributed by atoms with Crippen molar-refractivity contribution in [2.24, 2.45) is 11.3 Å². The van der Waals surface area contributed by atoms with E-state index in [1.807, 2.05) is 0 Å². The van der Waals surface area contributed by atoms with Crippen molar-refractivity contribution in [3.05, 3.63) is 17.0 Å². The number of rotatable bonds is 2. The second kappa shape index (κ2) is 5.51. The van der Waals surface area contributed by atoms with E-state index in [2.05, 4.69) is 46.2 Å². The van der Waals surface area contributed by atoms with E-state index in [0.717, 1.165) is 31.4 Å². The smallest absolute Gasteiger partial charge is 0.0784 e. The fourth-order valence-corrected chi connectivity index (χ4v) is 3.71. The quantitative estimate of drug-likeness (QED) is 0.893. The van der Waals surface area contributed by atoms with Crippen molar-refractivity contribution in [1.29, 1.82) is 0 Å². The van der Waals surface area contributed by atoms with Gasteiger partial charge in [-0.05, 0) is 56.4 Å². The standard InChI is InChI=1S/C17H30N2O/c1-7-14-11(2)18-19(12(14)3)15-10-13(17(4,5)6)8-9-16(15)20/h13,15-16,20H,7-10H2,1-6H3. The molecule has 1 aliphatic carbocycles. The molecule has 1 N–H and O–H groups in total. The molecule has 20 heavy (non-hydrogen) atoms. The van der Waals surface area contributed by atoms with Crippen molar-refractivity contribution in [1.82, 2.24) is 9.78 Å². The maximum absolute atomic E-state index is 10.4. The highest BCUT2D eigenvalue weighted by Crippen LogP contribution is 2.42. The molecular formula is C17H30N2O. The van der Waals surface area contributed by atoms with Gasteiger partial charge in [-0.1, -0.05) is 27.7 Å². The highest BCUT2D eigenvalue weighted by Gasteiger charge is 2.37. The highest BCUT2D eigenvalue weighted by atomic mass is 16.3. The maximum Gasteiger partial charge on any atom is 0.0784 e. The first kappa shape index (κ1) is 15.6. The van der Waals surface area contributed by atoms with Gasteiger partial charge in [0.05, 0.1) is 17.8 Å². The zero-order valence-electron chi connectivity index (χ0n) is 13.9. The predicted molar refractivity (Wildman–Crippen MR) is 82.9 cm³/mol. The Hall–Kier alpha value is -0.830. The van der Waals surface area contributed by atoms with Gasteiger partial charge in [-0.2, -0.15) is 5.10 Å². The van der Waals surface area contributed by atoms with Gasteiger partial charge in [0.2, 0.25) is 0 Å². The molecule has 0 aliphatic heterocycles. The number of hydrogen-bond donors (Lipinski definition) is 1. The molecule has 3 atom stereocenters. The summed E-state index contributed by atoms with van der Waals surface area (Å²) in [6.45, 7) is 13.3. The molecule has 0 saturated heterocycles. The molecule has 3 nitrogen and oxygen atoms in total. The Balaban J connectivity index is 2.30. The number of nitrogens with zero attached hydrogens (tertiary/aromatic N) is 2. The van der Waals surface area contributed by atoms with E-state index in [1.54, 1.807) is 0 Å². The molecule has 1 fully saturated rings. The lowest BCUT2D eigenvalue weighted by Crippen LogP contribution is -2.37. The second-order valence-corrected chi connectivity index (χ2v) is 7.46. The Bertz CT molecular complexity index is 470. The SMILES string of the molecule is CCc1c(C)nn(C2CC(C(C)(C)C)CCC2O)c1C. The Kier molecular flexibility index (Phi) is 4.29. The van der Waals surface area contributed by atoms with E-state index in [0.29, 0.717) is 11.3 Å². The van der Waals surface area contributed by atoms with Crippen molar-refractivity contribution in [2.45, 2.75) is 79.4 Å². The van der Waals surface area contributed by atoms with Crippen LogP contribution < -0.4 is 0 Å². The molecule has 0 amide bonds. The molecule has 1 aromatic heterocycles. The van der Waals surface area contributed by atoms with Gasteiger partial charge in [-0.15, -0.1) is 0 Å². The zero-order chi connectivity index (χ0) is 15.1. The average molecular weight is 278 g/mol. The van der Waals surface area contributed by atoms with Gasteiger partial charge in [0, 0.05) is 5.69 Å². The summed E-state index contributed by atoms with van der Waals surface area (Å²) in [5, 5.41) is 15.2. The summed E-state index contributed by atoms with van der Waals surface area (Å²) in [7, 11) is 0. The third-order valence-electron chi connectivity index (χ3n) is 5.15. The van der Waals surface area contributed by atoms with Crippen molar-refractivity contribution in [3.8, 4) is 0 Å². The fraction of sp³-hybridized carbons (Fsp3) is 0.824. The third-order valence-corrected chi connectivity index (χ3v) is 5.15. The Morgan fingerprint density at radius 1 is 1.25 bits per heavy atom. The van der Waals surface area contributed by atoms with Crippen molar-refractivity contribution in [2.75, 3.05) is 0 Å². The van der Waals surface area contributed by atoms with Crippen LogP contribution in [0.3, 0.4) is 0 Å². The highest BCUT2D eigenvalue weighted by molar-refractivity contribution is 5.25. The lowest BCUT2D eigenvalue weighted by atomic mass is 9.70. The minimum absolute atomic E-state index is 0.145. The summed E-state index contributed by atoms with van der Waals surface area (Å²) in [6, 6.07) is 0.145. The van der Waals surface area contributed by atoms with Crippen LogP contribution in [0.15, 0.2) is 0 Å².